The molecule has 6 unspecified atom stereocenters. The van der Waals surface area contributed by atoms with Crippen LogP contribution in [-0.4, -0.2) is 136 Å². The van der Waals surface area contributed by atoms with Crippen LogP contribution in [0.2, 0.25) is 0 Å². The predicted octanol–water partition coefficient (Wildman–Crippen LogP) is 2.59. The van der Waals surface area contributed by atoms with Crippen LogP contribution in [0.1, 0.15) is 101 Å². The average molecular weight is 746 g/mol. The molecule has 0 aromatic rings. The van der Waals surface area contributed by atoms with Crippen molar-refractivity contribution in [3.8, 4) is 0 Å². The van der Waals surface area contributed by atoms with Crippen molar-refractivity contribution in [2.45, 2.75) is 181 Å². The predicted molar refractivity (Wildman–Crippen MR) is 190 cm³/mol. The number of likely N-dealkylation sites (N-methyl/N-ethyl adjacent to an activating group) is 1. The van der Waals surface area contributed by atoms with E-state index in [1.165, 1.54) is 13.8 Å². The number of esters is 2. The molecular formula is C38H67NO13. The van der Waals surface area contributed by atoms with Crippen molar-refractivity contribution in [1.29, 1.82) is 0 Å². The molecule has 0 aliphatic carbocycles. The van der Waals surface area contributed by atoms with Crippen molar-refractivity contribution in [2.24, 2.45) is 29.6 Å². The van der Waals surface area contributed by atoms with Gasteiger partial charge in [0.05, 0.1) is 48.6 Å². The van der Waals surface area contributed by atoms with Crippen molar-refractivity contribution in [3.63, 3.8) is 0 Å². The highest BCUT2D eigenvalue weighted by molar-refractivity contribution is 5.83. The molecule has 3 aliphatic heterocycles. The van der Waals surface area contributed by atoms with Crippen molar-refractivity contribution in [1.82, 2.24) is 4.90 Å². The molecule has 3 fully saturated rings. The monoisotopic (exact) mass is 745 g/mol. The summed E-state index contributed by atoms with van der Waals surface area (Å²) in [6, 6.07) is -0.237. The third-order valence-corrected chi connectivity index (χ3v) is 11.5. The van der Waals surface area contributed by atoms with Gasteiger partial charge in [0.15, 0.2) is 18.7 Å². The van der Waals surface area contributed by atoms with Gasteiger partial charge in [-0.05, 0) is 67.0 Å². The van der Waals surface area contributed by atoms with Gasteiger partial charge in [0.25, 0.3) is 0 Å². The van der Waals surface area contributed by atoms with Crippen LogP contribution in [0.3, 0.4) is 0 Å². The molecule has 18 atom stereocenters. The zero-order valence-corrected chi connectivity index (χ0v) is 33.3. The third-order valence-electron chi connectivity index (χ3n) is 11.5. The number of rotatable bonds is 8. The van der Waals surface area contributed by atoms with Crippen LogP contribution in [-0.2, 0) is 42.8 Å². The maximum Gasteiger partial charge on any atom is 0.311 e. The Balaban J connectivity index is 2.16. The maximum absolute atomic E-state index is 14.1. The minimum absolute atomic E-state index is 0.0668. The van der Waals surface area contributed by atoms with E-state index in [9.17, 15) is 34.8 Å². The second-order valence-electron chi connectivity index (χ2n) is 16.3. The molecule has 14 nitrogen and oxygen atoms in total. The van der Waals surface area contributed by atoms with Gasteiger partial charge < -0.3 is 53.7 Å². The van der Waals surface area contributed by atoms with Crippen LogP contribution in [0, 0.1) is 29.6 Å². The normalized spacial score (nSPS) is 46.0. The topological polar surface area (TPSA) is 191 Å². The Hall–Kier alpha value is -1.75. The first-order chi connectivity index (χ1) is 24.1. The lowest BCUT2D eigenvalue weighted by atomic mass is 9.75. The van der Waals surface area contributed by atoms with Crippen LogP contribution in [0.15, 0.2) is 0 Å². The van der Waals surface area contributed by atoms with E-state index in [4.69, 9.17) is 28.4 Å². The highest BCUT2D eigenvalue weighted by Crippen LogP contribution is 2.38. The van der Waals surface area contributed by atoms with E-state index >= 15 is 0 Å². The fourth-order valence-electron chi connectivity index (χ4n) is 8.28. The summed E-state index contributed by atoms with van der Waals surface area (Å²) in [6.45, 7) is 16.9. The fraction of sp³-hybridized carbons (Fsp3) is 0.921. The highest BCUT2D eigenvalue weighted by atomic mass is 16.7. The molecule has 3 saturated heterocycles. The minimum Gasteiger partial charge on any atom is -0.459 e. The largest absolute Gasteiger partial charge is 0.459 e. The molecule has 0 bridgehead atoms. The lowest BCUT2D eigenvalue weighted by Crippen LogP contribution is -2.58. The summed E-state index contributed by atoms with van der Waals surface area (Å²) in [6.07, 6.45) is -9.00. The zero-order chi connectivity index (χ0) is 39.4. The quantitative estimate of drug-likeness (QED) is 0.265. The molecule has 3 rings (SSSR count). The molecule has 4 N–H and O–H groups in total. The molecule has 3 aliphatic rings. The lowest BCUT2D eigenvalue weighted by Gasteiger charge is -2.47. The van der Waals surface area contributed by atoms with E-state index in [1.54, 1.807) is 27.7 Å². The Morgan fingerprint density at radius 1 is 0.904 bits per heavy atom. The third kappa shape index (κ3) is 10.5. The number of nitrogens with zero attached hydrogens (tertiary/aromatic N) is 1. The fourth-order valence-corrected chi connectivity index (χ4v) is 8.28. The number of hydrogen-bond acceptors (Lipinski definition) is 14. The van der Waals surface area contributed by atoms with E-state index in [2.05, 4.69) is 0 Å². The van der Waals surface area contributed by atoms with Gasteiger partial charge in [-0.2, -0.15) is 0 Å². The standard InChI is InChI=1S/C38H67NO13/c1-13-14-28-38(10,46)35(44)21(5)30(42)18(2)15-19(3)32(52-37-34(49-25(9)40)26(39(11)12)16-20(4)47-37)22(6)33(23(7)36(45)50-28)51-29-17-27(41)31(43)24(8)48-29/h18-24,26-29,31-35,37,41,43-44,46H,13-17H2,1-12H3/t18-,19+,20?,21+,22-,23-,24?,26?,27?,28-,29+,31?,32+,33+,34?,35-,37+,38-/m1/s1. The Bertz CT molecular complexity index is 1170. The Morgan fingerprint density at radius 3 is 2.10 bits per heavy atom. The Labute approximate surface area is 309 Å². The molecule has 0 radical (unpaired) electrons. The van der Waals surface area contributed by atoms with Crippen molar-refractivity contribution in [2.75, 3.05) is 14.1 Å². The number of ketones is 1. The van der Waals surface area contributed by atoms with Crippen LogP contribution < -0.4 is 0 Å². The van der Waals surface area contributed by atoms with E-state index < -0.39 is 103 Å². The van der Waals surface area contributed by atoms with E-state index in [0.29, 0.717) is 19.3 Å². The van der Waals surface area contributed by atoms with Gasteiger partial charge >= 0.3 is 11.9 Å². The first-order valence-corrected chi connectivity index (χ1v) is 19.1. The van der Waals surface area contributed by atoms with Gasteiger partial charge in [0.2, 0.25) is 0 Å². The summed E-state index contributed by atoms with van der Waals surface area (Å²) >= 11 is 0. The van der Waals surface area contributed by atoms with Crippen molar-refractivity contribution < 1.29 is 63.2 Å². The second kappa shape index (κ2) is 18.7. The van der Waals surface area contributed by atoms with Gasteiger partial charge in [-0.1, -0.05) is 41.0 Å². The van der Waals surface area contributed by atoms with E-state index in [1.807, 2.05) is 46.7 Å². The molecule has 0 aromatic carbocycles. The number of aliphatic hydroxyl groups is 4. The summed E-state index contributed by atoms with van der Waals surface area (Å²) in [5, 5.41) is 44.1. The molecule has 14 heteroatoms. The minimum atomic E-state index is -1.95. The summed E-state index contributed by atoms with van der Waals surface area (Å²) in [4.78, 5) is 42.3. The smallest absolute Gasteiger partial charge is 0.311 e. The van der Waals surface area contributed by atoms with Gasteiger partial charge in [0.1, 0.15) is 23.6 Å². The van der Waals surface area contributed by atoms with Crippen LogP contribution >= 0.6 is 0 Å². The highest BCUT2D eigenvalue weighted by Gasteiger charge is 2.50. The first-order valence-electron chi connectivity index (χ1n) is 19.1. The Morgan fingerprint density at radius 2 is 1.54 bits per heavy atom. The van der Waals surface area contributed by atoms with Gasteiger partial charge in [-0.15, -0.1) is 0 Å². The van der Waals surface area contributed by atoms with Crippen LogP contribution in [0.5, 0.6) is 0 Å². The SMILES string of the molecule is CCC[C@H]1OC(=O)[C@H](C)[C@@H](O[C@H]2CC(O)C(O)C(C)O2)[C@H](C)[C@@H](O[C@@H]2OC(C)CC(N(C)C)C2OC(C)=O)[C@@H](C)C[C@@H](C)C(=O)[C@H](C)[C@@H](O)[C@]1(C)O. The molecule has 52 heavy (non-hydrogen) atoms. The van der Waals surface area contributed by atoms with Gasteiger partial charge in [0, 0.05) is 31.1 Å². The molecule has 302 valence electrons. The molecule has 0 spiro atoms. The number of carbonyl (C=O) groups is 3. The zero-order valence-electron chi connectivity index (χ0n) is 33.3. The number of hydrogen-bond donors (Lipinski definition) is 4. The molecular weight excluding hydrogens is 678 g/mol. The maximum atomic E-state index is 14.1. The number of aliphatic hydroxyl groups excluding tert-OH is 3. The van der Waals surface area contributed by atoms with Crippen molar-refractivity contribution in [3.05, 3.63) is 0 Å². The van der Waals surface area contributed by atoms with Crippen LogP contribution in [0.4, 0.5) is 0 Å². The summed E-state index contributed by atoms with van der Waals surface area (Å²) < 4.78 is 37.6. The summed E-state index contributed by atoms with van der Waals surface area (Å²) in [7, 11) is 3.78. The number of Topliss-reactive ketones (excluding diaryl/α,β-unsaturated/α-hetero) is 1. The summed E-state index contributed by atoms with van der Waals surface area (Å²) in [5.74, 6) is -5.05. The second-order valence-corrected chi connectivity index (χ2v) is 16.3. The van der Waals surface area contributed by atoms with Crippen LogP contribution in [0.25, 0.3) is 0 Å². The average Bonchev–Trinajstić information content (AvgIpc) is 3.06. The first kappa shape index (κ1) is 44.6. The van der Waals surface area contributed by atoms with E-state index in [-0.39, 0.29) is 36.7 Å². The van der Waals surface area contributed by atoms with Crippen molar-refractivity contribution >= 4 is 17.7 Å². The lowest BCUT2D eigenvalue weighted by molar-refractivity contribution is -0.300. The number of carbonyl (C=O) groups excluding carboxylic acids is 3. The number of ether oxygens (including phenoxy) is 6. The molecule has 0 saturated carbocycles. The molecule has 0 amide bonds. The number of cyclic esters (lactones) is 1. The Kier molecular flexibility index (Phi) is 16.1. The molecule has 0 aromatic heterocycles. The van der Waals surface area contributed by atoms with Gasteiger partial charge in [-0.3, -0.25) is 14.4 Å². The van der Waals surface area contributed by atoms with Gasteiger partial charge in [-0.25, -0.2) is 0 Å². The van der Waals surface area contributed by atoms with E-state index in [0.717, 1.165) is 0 Å². The molecule has 3 heterocycles. The summed E-state index contributed by atoms with van der Waals surface area (Å²) in [5.41, 5.74) is -1.95.